The summed E-state index contributed by atoms with van der Waals surface area (Å²) in [6.07, 6.45) is 3.33. The Labute approximate surface area is 116 Å². The molecule has 106 valence electrons. The Balaban J connectivity index is 1.62. The molecule has 3 heteroatoms. The molecule has 1 aliphatic heterocycles. The smallest absolute Gasteiger partial charge is 0.0431 e. The van der Waals surface area contributed by atoms with Crippen LogP contribution >= 0.6 is 0 Å². The summed E-state index contributed by atoms with van der Waals surface area (Å²) in [7, 11) is 0. The fourth-order valence-electron chi connectivity index (χ4n) is 2.64. The zero-order valence-corrected chi connectivity index (χ0v) is 11.8. The lowest BCUT2D eigenvalue weighted by Crippen LogP contribution is -2.46. The van der Waals surface area contributed by atoms with E-state index >= 15 is 0 Å². The summed E-state index contributed by atoms with van der Waals surface area (Å²) < 4.78 is 0. The zero-order chi connectivity index (χ0) is 13.3. The normalized spacial score (nSPS) is 17.7. The van der Waals surface area contributed by atoms with Gasteiger partial charge in [-0.1, -0.05) is 30.3 Å². The second-order valence-corrected chi connectivity index (χ2v) is 5.39. The summed E-state index contributed by atoms with van der Waals surface area (Å²) in [5, 5.41) is 8.76. The first-order chi connectivity index (χ1) is 9.38. The van der Waals surface area contributed by atoms with E-state index in [1.807, 2.05) is 0 Å². The van der Waals surface area contributed by atoms with Crippen molar-refractivity contribution in [3.05, 3.63) is 35.9 Å². The summed E-state index contributed by atoms with van der Waals surface area (Å²) in [6.45, 7) is 7.34. The summed E-state index contributed by atoms with van der Waals surface area (Å²) >= 11 is 0. The van der Waals surface area contributed by atoms with Gasteiger partial charge in [-0.15, -0.1) is 0 Å². The molecular weight excluding hydrogens is 236 g/mol. The molecule has 0 bridgehead atoms. The Hall–Kier alpha value is -0.900. The van der Waals surface area contributed by atoms with Gasteiger partial charge in [-0.25, -0.2) is 0 Å². The number of hydrogen-bond acceptors (Lipinski definition) is 3. The Morgan fingerprint density at radius 3 is 2.21 bits per heavy atom. The zero-order valence-electron chi connectivity index (χ0n) is 11.8. The number of hydrogen-bond donors (Lipinski definition) is 1. The molecule has 1 aromatic carbocycles. The summed E-state index contributed by atoms with van der Waals surface area (Å²) in [5.74, 6) is 0. The van der Waals surface area contributed by atoms with Crippen molar-refractivity contribution in [3.63, 3.8) is 0 Å². The molecule has 2 rings (SSSR count). The first-order valence-corrected chi connectivity index (χ1v) is 7.48. The third-order valence-corrected chi connectivity index (χ3v) is 3.85. The van der Waals surface area contributed by atoms with Gasteiger partial charge >= 0.3 is 0 Å². The summed E-state index contributed by atoms with van der Waals surface area (Å²) in [6, 6.07) is 10.7. The highest BCUT2D eigenvalue weighted by atomic mass is 16.2. The van der Waals surface area contributed by atoms with Gasteiger partial charge in [0.2, 0.25) is 0 Å². The lowest BCUT2D eigenvalue weighted by atomic mass is 10.2. The number of benzene rings is 1. The molecule has 1 N–H and O–H groups in total. The van der Waals surface area contributed by atoms with Gasteiger partial charge in [0.1, 0.15) is 0 Å². The van der Waals surface area contributed by atoms with Crippen LogP contribution < -0.4 is 0 Å². The van der Waals surface area contributed by atoms with Gasteiger partial charge in [0.25, 0.3) is 0 Å². The highest BCUT2D eigenvalue weighted by Gasteiger charge is 2.16. The lowest BCUT2D eigenvalue weighted by Gasteiger charge is -2.34. The van der Waals surface area contributed by atoms with Crippen molar-refractivity contribution >= 4 is 0 Å². The molecule has 0 radical (unpaired) electrons. The number of aliphatic hydroxyl groups excluding tert-OH is 1. The van der Waals surface area contributed by atoms with Crippen molar-refractivity contribution in [2.75, 3.05) is 39.3 Å². The minimum atomic E-state index is 0.338. The van der Waals surface area contributed by atoms with E-state index in [0.29, 0.717) is 6.61 Å². The van der Waals surface area contributed by atoms with Gasteiger partial charge < -0.3 is 10.0 Å². The molecule has 1 saturated heterocycles. The van der Waals surface area contributed by atoms with Gasteiger partial charge in [0.05, 0.1) is 0 Å². The van der Waals surface area contributed by atoms with Crippen LogP contribution in [0.4, 0.5) is 0 Å². The van der Waals surface area contributed by atoms with E-state index in [2.05, 4.69) is 40.1 Å². The molecule has 0 amide bonds. The van der Waals surface area contributed by atoms with Gasteiger partial charge in [0, 0.05) is 39.3 Å². The first-order valence-electron chi connectivity index (χ1n) is 7.48. The minimum Gasteiger partial charge on any atom is -0.396 e. The van der Waals surface area contributed by atoms with Crippen molar-refractivity contribution in [1.29, 1.82) is 0 Å². The van der Waals surface area contributed by atoms with Crippen molar-refractivity contribution in [2.24, 2.45) is 0 Å². The molecule has 1 heterocycles. The topological polar surface area (TPSA) is 26.7 Å². The molecule has 0 aromatic heterocycles. The number of unbranched alkanes of at least 4 members (excludes halogenated alkanes) is 2. The molecular formula is C16H26N2O. The van der Waals surface area contributed by atoms with Crippen molar-refractivity contribution in [2.45, 2.75) is 25.8 Å². The van der Waals surface area contributed by atoms with Crippen LogP contribution in [0.5, 0.6) is 0 Å². The van der Waals surface area contributed by atoms with E-state index in [9.17, 15) is 0 Å². The third-order valence-electron chi connectivity index (χ3n) is 3.85. The van der Waals surface area contributed by atoms with Crippen molar-refractivity contribution < 1.29 is 5.11 Å². The van der Waals surface area contributed by atoms with Crippen LogP contribution in [0.1, 0.15) is 24.8 Å². The average Bonchev–Trinajstić information content (AvgIpc) is 2.46. The van der Waals surface area contributed by atoms with E-state index in [-0.39, 0.29) is 0 Å². The van der Waals surface area contributed by atoms with Crippen LogP contribution in [-0.4, -0.2) is 54.2 Å². The highest BCUT2D eigenvalue weighted by Crippen LogP contribution is 2.09. The van der Waals surface area contributed by atoms with E-state index in [1.54, 1.807) is 0 Å². The van der Waals surface area contributed by atoms with Crippen LogP contribution in [0.25, 0.3) is 0 Å². The van der Waals surface area contributed by atoms with Gasteiger partial charge in [0.15, 0.2) is 0 Å². The highest BCUT2D eigenvalue weighted by molar-refractivity contribution is 5.14. The SMILES string of the molecule is OCCCCCN1CCN(Cc2ccccc2)CC1. The summed E-state index contributed by atoms with van der Waals surface area (Å²) in [4.78, 5) is 5.10. The van der Waals surface area contributed by atoms with Crippen LogP contribution in [-0.2, 0) is 6.54 Å². The van der Waals surface area contributed by atoms with E-state index in [0.717, 1.165) is 19.4 Å². The molecule has 1 fully saturated rings. The molecule has 0 unspecified atom stereocenters. The predicted octanol–water partition coefficient (Wildman–Crippen LogP) is 1.97. The fraction of sp³-hybridized carbons (Fsp3) is 0.625. The maximum absolute atomic E-state index is 8.76. The Morgan fingerprint density at radius 2 is 1.53 bits per heavy atom. The summed E-state index contributed by atoms with van der Waals surface area (Å²) in [5.41, 5.74) is 1.42. The third kappa shape index (κ3) is 5.31. The number of rotatable bonds is 7. The first kappa shape index (κ1) is 14.5. The predicted molar refractivity (Wildman–Crippen MR) is 79.1 cm³/mol. The number of nitrogens with zero attached hydrogens (tertiary/aromatic N) is 2. The second-order valence-electron chi connectivity index (χ2n) is 5.39. The van der Waals surface area contributed by atoms with Crippen LogP contribution in [0, 0.1) is 0 Å². The lowest BCUT2D eigenvalue weighted by molar-refractivity contribution is 0.125. The number of aliphatic hydroxyl groups is 1. The minimum absolute atomic E-state index is 0.338. The van der Waals surface area contributed by atoms with Crippen LogP contribution in [0.2, 0.25) is 0 Å². The quantitative estimate of drug-likeness (QED) is 0.761. The molecule has 0 atom stereocenters. The molecule has 0 aliphatic carbocycles. The van der Waals surface area contributed by atoms with E-state index < -0.39 is 0 Å². The molecule has 0 spiro atoms. The van der Waals surface area contributed by atoms with Gasteiger partial charge in [-0.05, 0) is 31.4 Å². The largest absolute Gasteiger partial charge is 0.396 e. The van der Waals surface area contributed by atoms with E-state index in [4.69, 9.17) is 5.11 Å². The van der Waals surface area contributed by atoms with Gasteiger partial charge in [-0.2, -0.15) is 0 Å². The number of piperazine rings is 1. The monoisotopic (exact) mass is 262 g/mol. The molecule has 1 aromatic rings. The Bertz CT molecular complexity index is 334. The Kier molecular flexibility index (Phi) is 6.34. The van der Waals surface area contributed by atoms with Crippen LogP contribution in [0.15, 0.2) is 30.3 Å². The molecule has 3 nitrogen and oxygen atoms in total. The molecule has 19 heavy (non-hydrogen) atoms. The van der Waals surface area contributed by atoms with Crippen LogP contribution in [0.3, 0.4) is 0 Å². The maximum Gasteiger partial charge on any atom is 0.0431 e. The standard InChI is InChI=1S/C16H26N2O/c19-14-6-2-5-9-17-10-12-18(13-11-17)15-16-7-3-1-4-8-16/h1,3-4,7-8,19H,2,5-6,9-15H2. The second kappa shape index (κ2) is 8.31. The average molecular weight is 262 g/mol. The van der Waals surface area contributed by atoms with E-state index in [1.165, 1.54) is 44.7 Å². The molecule has 1 aliphatic rings. The Morgan fingerprint density at radius 1 is 0.842 bits per heavy atom. The fourth-order valence-corrected chi connectivity index (χ4v) is 2.64. The van der Waals surface area contributed by atoms with Crippen molar-refractivity contribution in [1.82, 2.24) is 9.80 Å². The van der Waals surface area contributed by atoms with Crippen molar-refractivity contribution in [3.8, 4) is 0 Å². The molecule has 0 saturated carbocycles. The maximum atomic E-state index is 8.76. The van der Waals surface area contributed by atoms with Gasteiger partial charge in [-0.3, -0.25) is 4.90 Å².